The first-order valence-electron chi connectivity index (χ1n) is 6.57. The Kier molecular flexibility index (Phi) is 4.94. The van der Waals surface area contributed by atoms with Crippen molar-refractivity contribution in [1.29, 1.82) is 0 Å². The summed E-state index contributed by atoms with van der Waals surface area (Å²) in [5.41, 5.74) is 0.0944. The SMILES string of the molecule is CC(O)(CO)c1cncc(OCC#Cc2ccccc2)c1. The molecule has 0 amide bonds. The van der Waals surface area contributed by atoms with E-state index in [2.05, 4.69) is 16.8 Å². The van der Waals surface area contributed by atoms with Gasteiger partial charge in [-0.3, -0.25) is 4.98 Å². The summed E-state index contributed by atoms with van der Waals surface area (Å²) in [7, 11) is 0. The van der Waals surface area contributed by atoms with Crippen molar-refractivity contribution >= 4 is 0 Å². The lowest BCUT2D eigenvalue weighted by Crippen LogP contribution is -2.25. The number of pyridine rings is 1. The largest absolute Gasteiger partial charge is 0.479 e. The second kappa shape index (κ2) is 6.89. The lowest BCUT2D eigenvalue weighted by Gasteiger charge is -2.20. The van der Waals surface area contributed by atoms with Crippen molar-refractivity contribution in [2.75, 3.05) is 13.2 Å². The molecule has 0 aliphatic heterocycles. The zero-order chi connectivity index (χ0) is 15.1. The van der Waals surface area contributed by atoms with Gasteiger partial charge in [-0.05, 0) is 25.1 Å². The Balaban J connectivity index is 1.99. The van der Waals surface area contributed by atoms with Crippen molar-refractivity contribution in [2.24, 2.45) is 0 Å². The highest BCUT2D eigenvalue weighted by atomic mass is 16.5. The number of hydrogen-bond donors (Lipinski definition) is 2. The number of aliphatic hydroxyl groups excluding tert-OH is 1. The van der Waals surface area contributed by atoms with E-state index in [0.29, 0.717) is 11.3 Å². The van der Waals surface area contributed by atoms with E-state index < -0.39 is 5.60 Å². The third kappa shape index (κ3) is 4.32. The summed E-state index contributed by atoms with van der Waals surface area (Å²) in [6, 6.07) is 11.3. The van der Waals surface area contributed by atoms with Crippen molar-refractivity contribution in [3.05, 3.63) is 59.9 Å². The number of aliphatic hydroxyl groups is 2. The summed E-state index contributed by atoms with van der Waals surface area (Å²) in [5, 5.41) is 19.1. The molecule has 0 saturated heterocycles. The maximum Gasteiger partial charge on any atom is 0.149 e. The van der Waals surface area contributed by atoms with Crippen LogP contribution >= 0.6 is 0 Å². The Hall–Kier alpha value is -2.35. The van der Waals surface area contributed by atoms with Crippen LogP contribution in [-0.4, -0.2) is 28.4 Å². The molecule has 0 radical (unpaired) electrons. The van der Waals surface area contributed by atoms with Gasteiger partial charge in [0.05, 0.1) is 12.8 Å². The van der Waals surface area contributed by atoms with E-state index in [0.717, 1.165) is 5.56 Å². The normalized spacial score (nSPS) is 12.9. The lowest BCUT2D eigenvalue weighted by molar-refractivity contribution is -0.00272. The summed E-state index contributed by atoms with van der Waals surface area (Å²) < 4.78 is 5.48. The Bertz CT molecular complexity index is 642. The summed E-state index contributed by atoms with van der Waals surface area (Å²) >= 11 is 0. The van der Waals surface area contributed by atoms with Gasteiger partial charge in [0.2, 0.25) is 0 Å². The minimum absolute atomic E-state index is 0.224. The van der Waals surface area contributed by atoms with Gasteiger partial charge in [0, 0.05) is 17.3 Å². The highest BCUT2D eigenvalue weighted by Crippen LogP contribution is 2.22. The minimum Gasteiger partial charge on any atom is -0.479 e. The van der Waals surface area contributed by atoms with Gasteiger partial charge in [0.25, 0.3) is 0 Å². The van der Waals surface area contributed by atoms with E-state index in [1.54, 1.807) is 12.3 Å². The van der Waals surface area contributed by atoms with Gasteiger partial charge in [0.1, 0.15) is 18.0 Å². The van der Waals surface area contributed by atoms with Gasteiger partial charge in [-0.15, -0.1) is 0 Å². The fraction of sp³-hybridized carbons (Fsp3) is 0.235. The zero-order valence-corrected chi connectivity index (χ0v) is 11.8. The van der Waals surface area contributed by atoms with Crippen molar-refractivity contribution in [3.8, 4) is 17.6 Å². The van der Waals surface area contributed by atoms with Crippen LogP contribution in [0.3, 0.4) is 0 Å². The standard InChI is InChI=1S/C17H17NO3/c1-17(20,13-19)15-10-16(12-18-11-15)21-9-5-8-14-6-3-2-4-7-14/h2-4,6-7,10-12,19-20H,9,13H2,1H3. The molecule has 1 aromatic heterocycles. The third-order valence-electron chi connectivity index (χ3n) is 2.96. The first-order chi connectivity index (χ1) is 10.1. The molecule has 0 aliphatic carbocycles. The predicted octanol–water partition coefficient (Wildman–Crippen LogP) is 1.71. The Labute approximate surface area is 124 Å². The molecule has 0 spiro atoms. The molecule has 0 bridgehead atoms. The molecule has 1 aromatic carbocycles. The molecular weight excluding hydrogens is 266 g/mol. The summed E-state index contributed by atoms with van der Waals surface area (Å²) in [4.78, 5) is 3.99. The van der Waals surface area contributed by atoms with Crippen LogP contribution in [-0.2, 0) is 5.60 Å². The number of nitrogens with zero attached hydrogens (tertiary/aromatic N) is 1. The average Bonchev–Trinajstić information content (AvgIpc) is 2.53. The number of ether oxygens (including phenoxy) is 1. The van der Waals surface area contributed by atoms with Crippen molar-refractivity contribution < 1.29 is 14.9 Å². The Morgan fingerprint density at radius 3 is 2.71 bits per heavy atom. The quantitative estimate of drug-likeness (QED) is 0.839. The smallest absolute Gasteiger partial charge is 0.149 e. The van der Waals surface area contributed by atoms with E-state index >= 15 is 0 Å². The van der Waals surface area contributed by atoms with E-state index in [4.69, 9.17) is 9.84 Å². The van der Waals surface area contributed by atoms with Crippen LogP contribution < -0.4 is 4.74 Å². The van der Waals surface area contributed by atoms with E-state index in [1.807, 2.05) is 30.3 Å². The number of aromatic nitrogens is 1. The molecule has 0 aliphatic rings. The summed E-state index contributed by atoms with van der Waals surface area (Å²) in [5.74, 6) is 6.40. The molecule has 0 saturated carbocycles. The molecule has 108 valence electrons. The zero-order valence-electron chi connectivity index (χ0n) is 11.8. The molecule has 2 aromatic rings. The monoisotopic (exact) mass is 283 g/mol. The van der Waals surface area contributed by atoms with Crippen LogP contribution in [0.5, 0.6) is 5.75 Å². The molecule has 1 unspecified atom stereocenters. The van der Waals surface area contributed by atoms with Crippen LogP contribution in [0.2, 0.25) is 0 Å². The first-order valence-corrected chi connectivity index (χ1v) is 6.57. The minimum atomic E-state index is -1.33. The molecule has 4 heteroatoms. The summed E-state index contributed by atoms with van der Waals surface area (Å²) in [6.45, 7) is 1.36. The molecular formula is C17H17NO3. The van der Waals surface area contributed by atoms with E-state index in [1.165, 1.54) is 13.1 Å². The molecule has 2 N–H and O–H groups in total. The summed E-state index contributed by atoms with van der Waals surface area (Å²) in [6.07, 6.45) is 3.04. The van der Waals surface area contributed by atoms with Crippen LogP contribution in [0.25, 0.3) is 0 Å². The van der Waals surface area contributed by atoms with Gasteiger partial charge in [0.15, 0.2) is 0 Å². The maximum atomic E-state index is 9.97. The average molecular weight is 283 g/mol. The van der Waals surface area contributed by atoms with Crippen molar-refractivity contribution in [2.45, 2.75) is 12.5 Å². The fourth-order valence-corrected chi connectivity index (χ4v) is 1.66. The van der Waals surface area contributed by atoms with Crippen molar-refractivity contribution in [3.63, 3.8) is 0 Å². The predicted molar refractivity (Wildman–Crippen MR) is 79.7 cm³/mol. The fourth-order valence-electron chi connectivity index (χ4n) is 1.66. The van der Waals surface area contributed by atoms with Crippen LogP contribution in [0.4, 0.5) is 0 Å². The lowest BCUT2D eigenvalue weighted by atomic mass is 9.99. The first kappa shape index (κ1) is 15.0. The van der Waals surface area contributed by atoms with Gasteiger partial charge in [-0.1, -0.05) is 30.0 Å². The van der Waals surface area contributed by atoms with Gasteiger partial charge in [-0.25, -0.2) is 0 Å². The van der Waals surface area contributed by atoms with Crippen LogP contribution in [0.1, 0.15) is 18.1 Å². The second-order valence-corrected chi connectivity index (χ2v) is 4.80. The number of benzene rings is 1. The van der Waals surface area contributed by atoms with Gasteiger partial charge < -0.3 is 14.9 Å². The second-order valence-electron chi connectivity index (χ2n) is 4.80. The van der Waals surface area contributed by atoms with Gasteiger partial charge in [-0.2, -0.15) is 0 Å². The van der Waals surface area contributed by atoms with Crippen LogP contribution in [0, 0.1) is 11.8 Å². The molecule has 0 fully saturated rings. The van der Waals surface area contributed by atoms with Crippen molar-refractivity contribution in [1.82, 2.24) is 4.98 Å². The Morgan fingerprint density at radius 2 is 2.00 bits per heavy atom. The highest BCUT2D eigenvalue weighted by Gasteiger charge is 2.22. The highest BCUT2D eigenvalue weighted by molar-refractivity contribution is 5.34. The third-order valence-corrected chi connectivity index (χ3v) is 2.96. The number of hydrogen-bond acceptors (Lipinski definition) is 4. The van der Waals surface area contributed by atoms with Gasteiger partial charge >= 0.3 is 0 Å². The molecule has 1 heterocycles. The molecule has 4 nitrogen and oxygen atoms in total. The molecule has 21 heavy (non-hydrogen) atoms. The molecule has 2 rings (SSSR count). The van der Waals surface area contributed by atoms with Crippen LogP contribution in [0.15, 0.2) is 48.8 Å². The topological polar surface area (TPSA) is 62.6 Å². The molecule has 1 atom stereocenters. The maximum absolute atomic E-state index is 9.97. The Morgan fingerprint density at radius 1 is 1.24 bits per heavy atom. The number of rotatable bonds is 4. The van der Waals surface area contributed by atoms with E-state index in [-0.39, 0.29) is 13.2 Å². The van der Waals surface area contributed by atoms with E-state index in [9.17, 15) is 5.11 Å².